The number of rotatable bonds is 3. The van der Waals surface area contributed by atoms with Crippen molar-refractivity contribution in [3.8, 4) is 11.8 Å². The summed E-state index contributed by atoms with van der Waals surface area (Å²) < 4.78 is 5.08. The number of amides is 1. The molecule has 2 aromatic rings. The fourth-order valence-electron chi connectivity index (χ4n) is 1.81. The number of alkyl carbamates (subject to hydrolysis) is 1. The van der Waals surface area contributed by atoms with Gasteiger partial charge in [-0.05, 0) is 24.1 Å². The Labute approximate surface area is 135 Å². The molecule has 2 aromatic carbocycles. The Morgan fingerprint density at radius 1 is 1.18 bits per heavy atom. The van der Waals surface area contributed by atoms with Gasteiger partial charge in [-0.1, -0.05) is 65.9 Å². The van der Waals surface area contributed by atoms with Crippen LogP contribution in [0.2, 0.25) is 5.02 Å². The van der Waals surface area contributed by atoms with Crippen molar-refractivity contribution in [1.82, 2.24) is 5.32 Å². The van der Waals surface area contributed by atoms with Crippen molar-refractivity contribution in [1.29, 1.82) is 0 Å². The number of nitrogens with one attached hydrogen (secondary N) is 1. The lowest BCUT2D eigenvalue weighted by Gasteiger charge is -2.04. The van der Waals surface area contributed by atoms with Gasteiger partial charge in [-0.15, -0.1) is 0 Å². The summed E-state index contributed by atoms with van der Waals surface area (Å²) in [7, 11) is 0. The number of hydrogen-bond donors (Lipinski definition) is 1. The molecule has 0 fully saturated rings. The van der Waals surface area contributed by atoms with Crippen LogP contribution in [0.3, 0.4) is 0 Å². The molecule has 1 amide bonds. The highest BCUT2D eigenvalue weighted by Gasteiger charge is 2.01. The van der Waals surface area contributed by atoms with Crippen LogP contribution >= 0.6 is 11.6 Å². The Kier molecular flexibility index (Phi) is 5.88. The van der Waals surface area contributed by atoms with E-state index in [1.165, 1.54) is 0 Å². The van der Waals surface area contributed by atoms with Crippen LogP contribution in [0.5, 0.6) is 0 Å². The molecule has 0 heterocycles. The molecule has 0 spiro atoms. The van der Waals surface area contributed by atoms with E-state index in [9.17, 15) is 4.79 Å². The largest absolute Gasteiger partial charge is 0.445 e. The molecule has 0 radical (unpaired) electrons. The fourth-order valence-corrected chi connectivity index (χ4v) is 2.08. The maximum Gasteiger partial charge on any atom is 0.408 e. The number of hydrogen-bond acceptors (Lipinski definition) is 2. The van der Waals surface area contributed by atoms with Gasteiger partial charge in [0.15, 0.2) is 0 Å². The zero-order valence-corrected chi connectivity index (χ0v) is 13.0. The summed E-state index contributed by atoms with van der Waals surface area (Å²) in [5, 5.41) is 3.19. The van der Waals surface area contributed by atoms with Crippen molar-refractivity contribution in [2.75, 3.05) is 6.54 Å². The molecule has 0 saturated carbocycles. The monoisotopic (exact) mass is 313 g/mol. The van der Waals surface area contributed by atoms with Crippen molar-refractivity contribution in [2.45, 2.75) is 13.5 Å². The molecule has 0 saturated heterocycles. The second-order valence-electron chi connectivity index (χ2n) is 4.65. The van der Waals surface area contributed by atoms with Crippen molar-refractivity contribution in [2.24, 2.45) is 0 Å². The Morgan fingerprint density at radius 3 is 2.68 bits per heavy atom. The summed E-state index contributed by atoms with van der Waals surface area (Å²) in [6, 6.07) is 15.1. The lowest BCUT2D eigenvalue weighted by atomic mass is 10.1. The van der Waals surface area contributed by atoms with Crippen LogP contribution in [0.15, 0.2) is 48.5 Å². The minimum atomic E-state index is -0.492. The first-order chi connectivity index (χ1) is 10.7. The average molecular weight is 314 g/mol. The third-order valence-electron chi connectivity index (χ3n) is 2.97. The van der Waals surface area contributed by atoms with E-state index >= 15 is 0 Å². The Morgan fingerprint density at radius 2 is 1.95 bits per heavy atom. The minimum Gasteiger partial charge on any atom is -0.445 e. The van der Waals surface area contributed by atoms with Gasteiger partial charge in [0, 0.05) is 5.56 Å². The van der Waals surface area contributed by atoms with Crippen LogP contribution in [0, 0.1) is 18.8 Å². The van der Waals surface area contributed by atoms with Crippen LogP contribution in [-0.2, 0) is 11.3 Å². The maximum absolute atomic E-state index is 11.5. The molecule has 0 aliphatic rings. The molecule has 1 N–H and O–H groups in total. The molecule has 0 unspecified atom stereocenters. The van der Waals surface area contributed by atoms with E-state index in [2.05, 4.69) is 17.2 Å². The highest BCUT2D eigenvalue weighted by Crippen LogP contribution is 2.17. The van der Waals surface area contributed by atoms with Gasteiger partial charge in [-0.25, -0.2) is 4.79 Å². The van der Waals surface area contributed by atoms with Gasteiger partial charge in [0.2, 0.25) is 0 Å². The summed E-state index contributed by atoms with van der Waals surface area (Å²) in [5.41, 5.74) is 2.73. The molecule has 0 atom stereocenters. The highest BCUT2D eigenvalue weighted by atomic mass is 35.5. The predicted molar refractivity (Wildman–Crippen MR) is 87.7 cm³/mol. The quantitative estimate of drug-likeness (QED) is 0.872. The second kappa shape index (κ2) is 8.11. The Balaban J connectivity index is 1.79. The van der Waals surface area contributed by atoms with E-state index in [4.69, 9.17) is 16.3 Å². The molecule has 3 nitrogen and oxygen atoms in total. The summed E-state index contributed by atoms with van der Waals surface area (Å²) in [6.07, 6.45) is -0.492. The molecule has 0 aliphatic carbocycles. The normalized spacial score (nSPS) is 9.55. The van der Waals surface area contributed by atoms with E-state index in [1.54, 1.807) is 6.07 Å². The predicted octanol–water partition coefficient (Wildman–Crippen LogP) is 3.93. The number of ether oxygens (including phenoxy) is 1. The molecule has 0 bridgehead atoms. The van der Waals surface area contributed by atoms with E-state index in [0.29, 0.717) is 5.02 Å². The lowest BCUT2D eigenvalue weighted by molar-refractivity contribution is 0.141. The van der Waals surface area contributed by atoms with Crippen molar-refractivity contribution < 1.29 is 9.53 Å². The van der Waals surface area contributed by atoms with Crippen LogP contribution in [0.25, 0.3) is 0 Å². The van der Waals surface area contributed by atoms with Crippen molar-refractivity contribution in [3.05, 3.63) is 70.2 Å². The number of carbonyl (C=O) groups excluding carboxylic acids is 1. The number of halogens is 1. The lowest BCUT2D eigenvalue weighted by Crippen LogP contribution is -2.24. The van der Waals surface area contributed by atoms with Crippen LogP contribution in [-0.4, -0.2) is 12.6 Å². The molecule has 2 rings (SSSR count). The van der Waals surface area contributed by atoms with E-state index in [0.717, 1.165) is 16.7 Å². The van der Waals surface area contributed by atoms with Crippen LogP contribution < -0.4 is 5.32 Å². The average Bonchev–Trinajstić information content (AvgIpc) is 2.53. The first kappa shape index (κ1) is 15.9. The first-order valence-corrected chi connectivity index (χ1v) is 7.23. The molecule has 0 aromatic heterocycles. The summed E-state index contributed by atoms with van der Waals surface area (Å²) >= 11 is 6.07. The standard InChI is InChI=1S/C18H16ClNO2/c1-14-7-5-11-17(19)16(14)10-6-12-20-18(21)22-13-15-8-3-2-4-9-15/h2-5,7-9,11H,12-13H2,1H3,(H,20,21). The zero-order chi connectivity index (χ0) is 15.8. The van der Waals surface area contributed by atoms with Gasteiger partial charge in [0.1, 0.15) is 6.61 Å². The van der Waals surface area contributed by atoms with Gasteiger partial charge in [-0.2, -0.15) is 0 Å². The van der Waals surface area contributed by atoms with Gasteiger partial charge < -0.3 is 10.1 Å². The first-order valence-electron chi connectivity index (χ1n) is 6.85. The summed E-state index contributed by atoms with van der Waals surface area (Å²) in [6.45, 7) is 2.39. The zero-order valence-electron chi connectivity index (χ0n) is 12.2. The second-order valence-corrected chi connectivity index (χ2v) is 5.06. The molecule has 112 valence electrons. The molecular weight excluding hydrogens is 298 g/mol. The number of aryl methyl sites for hydroxylation is 1. The Hall–Kier alpha value is -2.44. The van der Waals surface area contributed by atoms with Crippen LogP contribution in [0.4, 0.5) is 4.79 Å². The SMILES string of the molecule is Cc1cccc(Cl)c1C#CCNC(=O)OCc1ccccc1. The van der Waals surface area contributed by atoms with Gasteiger partial charge in [-0.3, -0.25) is 0 Å². The topological polar surface area (TPSA) is 38.3 Å². The van der Waals surface area contributed by atoms with Gasteiger partial charge in [0.25, 0.3) is 0 Å². The molecular formula is C18H16ClNO2. The van der Waals surface area contributed by atoms with E-state index in [-0.39, 0.29) is 13.2 Å². The van der Waals surface area contributed by atoms with Crippen LogP contribution in [0.1, 0.15) is 16.7 Å². The Bertz CT molecular complexity index is 682. The number of benzene rings is 2. The van der Waals surface area contributed by atoms with Gasteiger partial charge >= 0.3 is 6.09 Å². The third-order valence-corrected chi connectivity index (χ3v) is 3.28. The molecule has 0 aliphatic heterocycles. The maximum atomic E-state index is 11.5. The summed E-state index contributed by atoms with van der Waals surface area (Å²) in [4.78, 5) is 11.5. The van der Waals surface area contributed by atoms with E-state index in [1.807, 2.05) is 49.4 Å². The fraction of sp³-hybridized carbons (Fsp3) is 0.167. The third kappa shape index (κ3) is 4.83. The van der Waals surface area contributed by atoms with Crippen molar-refractivity contribution in [3.63, 3.8) is 0 Å². The highest BCUT2D eigenvalue weighted by molar-refractivity contribution is 6.31. The van der Waals surface area contributed by atoms with Crippen molar-refractivity contribution >= 4 is 17.7 Å². The molecule has 22 heavy (non-hydrogen) atoms. The van der Waals surface area contributed by atoms with Gasteiger partial charge in [0.05, 0.1) is 11.6 Å². The summed E-state index contributed by atoms with van der Waals surface area (Å²) in [5.74, 6) is 5.82. The smallest absolute Gasteiger partial charge is 0.408 e. The van der Waals surface area contributed by atoms with E-state index < -0.39 is 6.09 Å². The number of carbonyl (C=O) groups is 1. The minimum absolute atomic E-state index is 0.207. The molecule has 4 heteroatoms.